The number of rotatable bonds is 8. The number of aromatic nitrogens is 1. The van der Waals surface area contributed by atoms with E-state index in [2.05, 4.69) is 30.2 Å². The quantitative estimate of drug-likeness (QED) is 0.794. The molecule has 1 aromatic rings. The average molecular weight is 278 g/mol. The standard InChI is InChI=1S/C16H26N2O2/c1-12-9-13(11-17-14-5-6-14)10-15(18-12)20-8-7-16(2,3)19-4/h9-10,14,17H,5-8,11H2,1-4H3. The summed E-state index contributed by atoms with van der Waals surface area (Å²) >= 11 is 0. The van der Waals surface area contributed by atoms with Crippen molar-refractivity contribution < 1.29 is 9.47 Å². The maximum absolute atomic E-state index is 5.77. The summed E-state index contributed by atoms with van der Waals surface area (Å²) in [5.74, 6) is 0.713. The Morgan fingerprint density at radius 2 is 2.10 bits per heavy atom. The number of nitrogens with one attached hydrogen (secondary N) is 1. The first-order valence-corrected chi connectivity index (χ1v) is 7.37. The number of aryl methyl sites for hydroxylation is 1. The molecule has 0 aliphatic heterocycles. The fourth-order valence-electron chi connectivity index (χ4n) is 1.94. The molecule has 2 rings (SSSR count). The molecule has 0 radical (unpaired) electrons. The van der Waals surface area contributed by atoms with Crippen LogP contribution in [0.15, 0.2) is 12.1 Å². The zero-order valence-corrected chi connectivity index (χ0v) is 13.0. The number of methoxy groups -OCH3 is 1. The molecule has 4 nitrogen and oxygen atoms in total. The summed E-state index contributed by atoms with van der Waals surface area (Å²) in [5.41, 5.74) is 2.09. The second-order valence-corrected chi connectivity index (χ2v) is 6.17. The fraction of sp³-hybridized carbons (Fsp3) is 0.688. The van der Waals surface area contributed by atoms with Crippen molar-refractivity contribution in [1.82, 2.24) is 10.3 Å². The highest BCUT2D eigenvalue weighted by Crippen LogP contribution is 2.20. The summed E-state index contributed by atoms with van der Waals surface area (Å²) < 4.78 is 11.2. The number of hydrogen-bond acceptors (Lipinski definition) is 4. The van der Waals surface area contributed by atoms with Gasteiger partial charge in [0.05, 0.1) is 12.2 Å². The zero-order valence-electron chi connectivity index (χ0n) is 13.0. The second kappa shape index (κ2) is 6.55. The molecule has 4 heteroatoms. The molecule has 0 spiro atoms. The molecular weight excluding hydrogens is 252 g/mol. The van der Waals surface area contributed by atoms with Crippen LogP contribution >= 0.6 is 0 Å². The highest BCUT2D eigenvalue weighted by molar-refractivity contribution is 5.24. The van der Waals surface area contributed by atoms with Gasteiger partial charge < -0.3 is 14.8 Å². The maximum atomic E-state index is 5.77. The van der Waals surface area contributed by atoms with Crippen LogP contribution in [0.25, 0.3) is 0 Å². The lowest BCUT2D eigenvalue weighted by Crippen LogP contribution is -2.25. The first kappa shape index (κ1) is 15.3. The van der Waals surface area contributed by atoms with E-state index in [9.17, 15) is 0 Å². The van der Waals surface area contributed by atoms with Crippen LogP contribution in [0.2, 0.25) is 0 Å². The van der Waals surface area contributed by atoms with E-state index in [1.54, 1.807) is 7.11 Å². The number of hydrogen-bond donors (Lipinski definition) is 1. The summed E-state index contributed by atoms with van der Waals surface area (Å²) in [5, 5.41) is 3.51. The average Bonchev–Trinajstić information content (AvgIpc) is 3.20. The van der Waals surface area contributed by atoms with Crippen molar-refractivity contribution in [2.75, 3.05) is 13.7 Å². The first-order valence-electron chi connectivity index (χ1n) is 7.37. The largest absolute Gasteiger partial charge is 0.478 e. The molecule has 20 heavy (non-hydrogen) atoms. The molecule has 1 aromatic heterocycles. The van der Waals surface area contributed by atoms with Crippen LogP contribution in [0.4, 0.5) is 0 Å². The topological polar surface area (TPSA) is 43.4 Å². The summed E-state index contributed by atoms with van der Waals surface area (Å²) in [6.07, 6.45) is 3.45. The van der Waals surface area contributed by atoms with Gasteiger partial charge in [-0.25, -0.2) is 4.98 Å². The predicted octanol–water partition coefficient (Wildman–Crippen LogP) is 2.84. The molecule has 1 fully saturated rings. The molecule has 112 valence electrons. The van der Waals surface area contributed by atoms with Crippen LogP contribution in [-0.4, -0.2) is 30.3 Å². The van der Waals surface area contributed by atoms with Gasteiger partial charge in [-0.15, -0.1) is 0 Å². The first-order chi connectivity index (χ1) is 9.48. The van der Waals surface area contributed by atoms with Crippen LogP contribution < -0.4 is 10.1 Å². The Kier molecular flexibility index (Phi) is 5.00. The van der Waals surface area contributed by atoms with Crippen molar-refractivity contribution in [2.45, 2.75) is 58.2 Å². The Hall–Kier alpha value is -1.13. The SMILES string of the molecule is COC(C)(C)CCOc1cc(CNC2CC2)cc(C)n1. The second-order valence-electron chi connectivity index (χ2n) is 6.17. The van der Waals surface area contributed by atoms with E-state index in [-0.39, 0.29) is 5.60 Å². The van der Waals surface area contributed by atoms with E-state index >= 15 is 0 Å². The van der Waals surface area contributed by atoms with Gasteiger partial charge in [0, 0.05) is 37.9 Å². The van der Waals surface area contributed by atoms with Gasteiger partial charge in [0.1, 0.15) is 0 Å². The van der Waals surface area contributed by atoms with Crippen molar-refractivity contribution in [3.8, 4) is 5.88 Å². The van der Waals surface area contributed by atoms with Crippen LogP contribution in [0.1, 0.15) is 44.4 Å². The summed E-state index contributed by atoms with van der Waals surface area (Å²) in [4.78, 5) is 4.43. The molecule has 0 amide bonds. The van der Waals surface area contributed by atoms with Gasteiger partial charge in [-0.1, -0.05) is 0 Å². The third-order valence-electron chi connectivity index (χ3n) is 3.67. The minimum absolute atomic E-state index is 0.153. The monoisotopic (exact) mass is 278 g/mol. The van der Waals surface area contributed by atoms with Crippen molar-refractivity contribution in [1.29, 1.82) is 0 Å². The fourth-order valence-corrected chi connectivity index (χ4v) is 1.94. The van der Waals surface area contributed by atoms with Gasteiger partial charge >= 0.3 is 0 Å². The van der Waals surface area contributed by atoms with E-state index in [4.69, 9.17) is 9.47 Å². The van der Waals surface area contributed by atoms with Gasteiger partial charge in [-0.3, -0.25) is 0 Å². The molecule has 0 bridgehead atoms. The van der Waals surface area contributed by atoms with E-state index in [1.165, 1.54) is 18.4 Å². The number of nitrogens with zero attached hydrogens (tertiary/aromatic N) is 1. The third kappa shape index (κ3) is 5.10. The van der Waals surface area contributed by atoms with Gasteiger partial charge in [-0.2, -0.15) is 0 Å². The Balaban J connectivity index is 1.86. The van der Waals surface area contributed by atoms with E-state index in [0.29, 0.717) is 12.5 Å². The molecule has 0 unspecified atom stereocenters. The molecule has 1 saturated carbocycles. The Morgan fingerprint density at radius 1 is 1.35 bits per heavy atom. The normalized spacial score (nSPS) is 15.4. The minimum atomic E-state index is -0.153. The van der Waals surface area contributed by atoms with Crippen molar-refractivity contribution >= 4 is 0 Å². The molecule has 1 aliphatic rings. The molecule has 0 aromatic carbocycles. The smallest absolute Gasteiger partial charge is 0.213 e. The molecule has 0 saturated heterocycles. The summed E-state index contributed by atoms with van der Waals surface area (Å²) in [6.45, 7) is 7.64. The molecule has 1 N–H and O–H groups in total. The van der Waals surface area contributed by atoms with E-state index < -0.39 is 0 Å². The number of ether oxygens (including phenoxy) is 2. The van der Waals surface area contributed by atoms with Crippen molar-refractivity contribution in [3.63, 3.8) is 0 Å². The van der Waals surface area contributed by atoms with Gasteiger partial charge in [0.25, 0.3) is 0 Å². The Bertz CT molecular complexity index is 442. The number of pyridine rings is 1. The van der Waals surface area contributed by atoms with E-state index in [0.717, 1.165) is 24.7 Å². The summed E-state index contributed by atoms with van der Waals surface area (Å²) in [7, 11) is 1.73. The lowest BCUT2D eigenvalue weighted by Gasteiger charge is -2.22. The third-order valence-corrected chi connectivity index (χ3v) is 3.67. The minimum Gasteiger partial charge on any atom is -0.478 e. The zero-order chi connectivity index (χ0) is 14.6. The molecular formula is C16H26N2O2. The van der Waals surface area contributed by atoms with Crippen LogP contribution in [0, 0.1) is 6.92 Å². The van der Waals surface area contributed by atoms with Gasteiger partial charge in [-0.05, 0) is 45.2 Å². The van der Waals surface area contributed by atoms with Crippen molar-refractivity contribution in [3.05, 3.63) is 23.4 Å². The van der Waals surface area contributed by atoms with Crippen molar-refractivity contribution in [2.24, 2.45) is 0 Å². The van der Waals surface area contributed by atoms with Gasteiger partial charge in [0.2, 0.25) is 5.88 Å². The molecule has 1 aliphatic carbocycles. The summed E-state index contributed by atoms with van der Waals surface area (Å²) in [6, 6.07) is 4.86. The van der Waals surface area contributed by atoms with Gasteiger partial charge in [0.15, 0.2) is 0 Å². The lowest BCUT2D eigenvalue weighted by atomic mass is 10.1. The van der Waals surface area contributed by atoms with Crippen LogP contribution in [0.5, 0.6) is 5.88 Å². The van der Waals surface area contributed by atoms with E-state index in [1.807, 2.05) is 13.0 Å². The highest BCUT2D eigenvalue weighted by atomic mass is 16.5. The highest BCUT2D eigenvalue weighted by Gasteiger charge is 2.20. The molecule has 1 heterocycles. The van der Waals surface area contributed by atoms with Crippen LogP contribution in [-0.2, 0) is 11.3 Å². The Labute approximate surface area is 121 Å². The Morgan fingerprint density at radius 3 is 2.75 bits per heavy atom. The van der Waals surface area contributed by atoms with Crippen LogP contribution in [0.3, 0.4) is 0 Å². The predicted molar refractivity (Wildman–Crippen MR) is 80.0 cm³/mol. The maximum Gasteiger partial charge on any atom is 0.213 e. The lowest BCUT2D eigenvalue weighted by molar-refractivity contribution is 0.00507. The molecule has 0 atom stereocenters.